The molecule has 1 fully saturated rings. The van der Waals surface area contributed by atoms with Crippen molar-refractivity contribution in [1.29, 1.82) is 0 Å². The first-order valence-corrected chi connectivity index (χ1v) is 6.05. The van der Waals surface area contributed by atoms with Crippen LogP contribution in [0.1, 0.15) is 17.8 Å². The van der Waals surface area contributed by atoms with Gasteiger partial charge >= 0.3 is 5.97 Å². The minimum atomic E-state index is -1.01. The number of piperazine rings is 1. The van der Waals surface area contributed by atoms with Crippen molar-refractivity contribution in [3.05, 3.63) is 17.6 Å². The van der Waals surface area contributed by atoms with E-state index in [0.29, 0.717) is 18.9 Å². The summed E-state index contributed by atoms with van der Waals surface area (Å²) in [6, 6.07) is -0.734. The van der Waals surface area contributed by atoms with Crippen LogP contribution in [0.5, 0.6) is 0 Å². The molecule has 0 bridgehead atoms. The fraction of sp³-hybridized carbons (Fsp3) is 0.500. The maximum atomic E-state index is 11.8. The summed E-state index contributed by atoms with van der Waals surface area (Å²) in [7, 11) is 0. The minimum Gasteiger partial charge on any atom is -0.481 e. The molecular formula is C12H16N4O3. The Morgan fingerprint density at radius 3 is 2.89 bits per heavy atom. The van der Waals surface area contributed by atoms with E-state index in [0.717, 1.165) is 11.4 Å². The SMILES string of the molecule is Cc1ncc(N2CCNC(=O)C2CC(=O)O)nc1C. The van der Waals surface area contributed by atoms with Gasteiger partial charge in [0, 0.05) is 13.1 Å². The summed E-state index contributed by atoms with van der Waals surface area (Å²) in [6.45, 7) is 4.69. The van der Waals surface area contributed by atoms with E-state index in [2.05, 4.69) is 15.3 Å². The van der Waals surface area contributed by atoms with Crippen LogP contribution in [0.25, 0.3) is 0 Å². The number of amides is 1. The zero-order valence-electron chi connectivity index (χ0n) is 10.9. The molecule has 1 unspecified atom stereocenters. The van der Waals surface area contributed by atoms with E-state index < -0.39 is 12.0 Å². The van der Waals surface area contributed by atoms with Crippen molar-refractivity contribution >= 4 is 17.7 Å². The molecule has 1 aromatic heterocycles. The molecular weight excluding hydrogens is 248 g/mol. The third kappa shape index (κ3) is 2.81. The lowest BCUT2D eigenvalue weighted by Crippen LogP contribution is -2.56. The number of carboxylic acid groups (broad SMARTS) is 1. The standard InChI is InChI=1S/C12H16N4O3/c1-7-8(2)15-10(6-14-7)16-4-3-13-12(19)9(16)5-11(17)18/h6,9H,3-5H2,1-2H3,(H,13,19)(H,17,18). The van der Waals surface area contributed by atoms with Crippen LogP contribution in [0, 0.1) is 13.8 Å². The Bertz CT molecular complexity index is 518. The van der Waals surface area contributed by atoms with Gasteiger partial charge in [-0.15, -0.1) is 0 Å². The molecule has 7 nitrogen and oxygen atoms in total. The van der Waals surface area contributed by atoms with Crippen molar-refractivity contribution in [1.82, 2.24) is 15.3 Å². The molecule has 7 heteroatoms. The number of nitrogens with one attached hydrogen (secondary N) is 1. The molecule has 102 valence electrons. The third-order valence-corrected chi connectivity index (χ3v) is 3.17. The van der Waals surface area contributed by atoms with Crippen LogP contribution in [0.3, 0.4) is 0 Å². The first-order chi connectivity index (χ1) is 8.99. The van der Waals surface area contributed by atoms with Crippen LogP contribution in [0.15, 0.2) is 6.20 Å². The van der Waals surface area contributed by atoms with E-state index in [9.17, 15) is 9.59 Å². The zero-order chi connectivity index (χ0) is 14.0. The molecule has 2 heterocycles. The van der Waals surface area contributed by atoms with E-state index in [1.54, 1.807) is 11.1 Å². The molecule has 1 aliphatic rings. The number of carbonyl (C=O) groups excluding carboxylic acids is 1. The van der Waals surface area contributed by atoms with Gasteiger partial charge in [0.15, 0.2) is 0 Å². The minimum absolute atomic E-state index is 0.250. The first-order valence-electron chi connectivity index (χ1n) is 6.05. The highest BCUT2D eigenvalue weighted by atomic mass is 16.4. The van der Waals surface area contributed by atoms with Gasteiger partial charge in [-0.3, -0.25) is 14.6 Å². The molecule has 1 atom stereocenters. The first kappa shape index (κ1) is 13.3. The molecule has 1 amide bonds. The van der Waals surface area contributed by atoms with Gasteiger partial charge in [0.1, 0.15) is 11.9 Å². The second kappa shape index (κ2) is 5.21. The summed E-state index contributed by atoms with van der Waals surface area (Å²) < 4.78 is 0. The highest BCUT2D eigenvalue weighted by molar-refractivity contribution is 5.90. The van der Waals surface area contributed by atoms with Crippen molar-refractivity contribution in [2.75, 3.05) is 18.0 Å². The lowest BCUT2D eigenvalue weighted by atomic mass is 10.1. The summed E-state index contributed by atoms with van der Waals surface area (Å²) in [5, 5.41) is 11.6. The number of anilines is 1. The van der Waals surface area contributed by atoms with E-state index in [-0.39, 0.29) is 12.3 Å². The van der Waals surface area contributed by atoms with Gasteiger partial charge in [0.05, 0.1) is 24.0 Å². The molecule has 1 saturated heterocycles. The zero-order valence-corrected chi connectivity index (χ0v) is 10.9. The van der Waals surface area contributed by atoms with Gasteiger partial charge < -0.3 is 15.3 Å². The van der Waals surface area contributed by atoms with E-state index in [1.165, 1.54) is 0 Å². The van der Waals surface area contributed by atoms with Gasteiger partial charge in [-0.05, 0) is 13.8 Å². The Labute approximate surface area is 110 Å². The maximum absolute atomic E-state index is 11.8. The molecule has 0 saturated carbocycles. The highest BCUT2D eigenvalue weighted by Crippen LogP contribution is 2.18. The fourth-order valence-corrected chi connectivity index (χ4v) is 2.03. The molecule has 1 aliphatic heterocycles. The average molecular weight is 264 g/mol. The second-order valence-corrected chi connectivity index (χ2v) is 4.50. The topological polar surface area (TPSA) is 95.4 Å². The normalized spacial score (nSPS) is 19.2. The molecule has 0 aromatic carbocycles. The van der Waals surface area contributed by atoms with Gasteiger partial charge in [0.25, 0.3) is 0 Å². The third-order valence-electron chi connectivity index (χ3n) is 3.17. The van der Waals surface area contributed by atoms with Gasteiger partial charge in [0.2, 0.25) is 5.91 Å². The number of rotatable bonds is 3. The van der Waals surface area contributed by atoms with Crippen molar-refractivity contribution in [2.24, 2.45) is 0 Å². The van der Waals surface area contributed by atoms with Gasteiger partial charge in [-0.2, -0.15) is 0 Å². The van der Waals surface area contributed by atoms with Crippen molar-refractivity contribution in [2.45, 2.75) is 26.3 Å². The quantitative estimate of drug-likeness (QED) is 0.789. The lowest BCUT2D eigenvalue weighted by molar-refractivity contribution is -0.139. The van der Waals surface area contributed by atoms with Crippen LogP contribution in [0.4, 0.5) is 5.82 Å². The summed E-state index contributed by atoms with van der Waals surface area (Å²) in [5.41, 5.74) is 1.59. The van der Waals surface area contributed by atoms with Gasteiger partial charge in [-0.25, -0.2) is 4.98 Å². The molecule has 1 aromatic rings. The van der Waals surface area contributed by atoms with Crippen molar-refractivity contribution < 1.29 is 14.7 Å². The summed E-state index contributed by atoms with van der Waals surface area (Å²) >= 11 is 0. The number of aliphatic carboxylic acids is 1. The molecule has 2 rings (SSSR count). The number of carboxylic acids is 1. The maximum Gasteiger partial charge on any atom is 0.305 e. The Hall–Kier alpha value is -2.18. The van der Waals surface area contributed by atoms with Crippen LogP contribution < -0.4 is 10.2 Å². The number of carbonyl (C=O) groups is 2. The highest BCUT2D eigenvalue weighted by Gasteiger charge is 2.32. The molecule has 2 N–H and O–H groups in total. The number of aryl methyl sites for hydroxylation is 2. The number of hydrogen-bond donors (Lipinski definition) is 2. The number of aromatic nitrogens is 2. The number of nitrogens with zero attached hydrogens (tertiary/aromatic N) is 3. The molecule has 19 heavy (non-hydrogen) atoms. The smallest absolute Gasteiger partial charge is 0.305 e. The van der Waals surface area contributed by atoms with Gasteiger partial charge in [-0.1, -0.05) is 0 Å². The van der Waals surface area contributed by atoms with Crippen LogP contribution >= 0.6 is 0 Å². The number of hydrogen-bond acceptors (Lipinski definition) is 5. The Kier molecular flexibility index (Phi) is 3.64. The average Bonchev–Trinajstić information content (AvgIpc) is 2.35. The van der Waals surface area contributed by atoms with E-state index >= 15 is 0 Å². The van der Waals surface area contributed by atoms with E-state index in [4.69, 9.17) is 5.11 Å². The molecule has 0 aliphatic carbocycles. The summed E-state index contributed by atoms with van der Waals surface area (Å²) in [5.74, 6) is -0.748. The Balaban J connectivity index is 2.30. The van der Waals surface area contributed by atoms with E-state index in [1.807, 2.05) is 13.8 Å². The predicted octanol–water partition coefficient (Wildman–Crippen LogP) is -0.127. The Morgan fingerprint density at radius 2 is 2.26 bits per heavy atom. The van der Waals surface area contributed by atoms with Crippen LogP contribution in [-0.2, 0) is 9.59 Å². The predicted molar refractivity (Wildman–Crippen MR) is 67.9 cm³/mol. The lowest BCUT2D eigenvalue weighted by Gasteiger charge is -2.35. The monoisotopic (exact) mass is 264 g/mol. The van der Waals surface area contributed by atoms with Crippen LogP contribution in [0.2, 0.25) is 0 Å². The largest absolute Gasteiger partial charge is 0.481 e. The molecule has 0 radical (unpaired) electrons. The van der Waals surface area contributed by atoms with Crippen molar-refractivity contribution in [3.8, 4) is 0 Å². The summed E-state index contributed by atoms with van der Waals surface area (Å²) in [4.78, 5) is 33.0. The molecule has 0 spiro atoms. The van der Waals surface area contributed by atoms with Crippen molar-refractivity contribution in [3.63, 3.8) is 0 Å². The fourth-order valence-electron chi connectivity index (χ4n) is 2.03. The summed E-state index contributed by atoms with van der Waals surface area (Å²) in [6.07, 6.45) is 1.33. The second-order valence-electron chi connectivity index (χ2n) is 4.50. The Morgan fingerprint density at radius 1 is 1.53 bits per heavy atom. The van der Waals surface area contributed by atoms with Crippen LogP contribution in [-0.4, -0.2) is 46.1 Å².